The number of hydrogen-bond acceptors (Lipinski definition) is 9. The SMILES string of the molecule is C=CC1NC(=O)/C(=C/C)NC(=O)c2nc(F)cc(n2)CNC(=O)C[C@@H](/C=C/CCSC(C)=O)OC1=O. The molecule has 2 heterocycles. The maximum atomic E-state index is 14.0. The second-order valence-corrected chi connectivity index (χ2v) is 8.63. The number of thioether (sulfide) groups is 1. The number of nitrogens with zero attached hydrogens (tertiary/aromatic N) is 2. The fraction of sp³-hybridized carbons (Fsp3) is 0.348. The van der Waals surface area contributed by atoms with Gasteiger partial charge in [0, 0.05) is 18.7 Å². The smallest absolute Gasteiger partial charge is 0.333 e. The molecule has 2 atom stereocenters. The minimum Gasteiger partial charge on any atom is -0.456 e. The molecule has 3 amide bonds. The molecule has 1 unspecified atom stereocenters. The minimum atomic E-state index is -1.30. The number of esters is 1. The van der Waals surface area contributed by atoms with Gasteiger partial charge in [0.25, 0.3) is 11.8 Å². The third kappa shape index (κ3) is 9.06. The largest absolute Gasteiger partial charge is 0.456 e. The molecule has 0 fully saturated rings. The summed E-state index contributed by atoms with van der Waals surface area (Å²) in [4.78, 5) is 68.8. The van der Waals surface area contributed by atoms with Crippen LogP contribution in [-0.4, -0.2) is 56.7 Å². The average molecular weight is 520 g/mol. The molecular weight excluding hydrogens is 493 g/mol. The number of fused-ring (bicyclic) bond motifs is 2. The molecule has 13 heteroatoms. The number of halogens is 1. The summed E-state index contributed by atoms with van der Waals surface area (Å²) < 4.78 is 19.4. The molecule has 3 N–H and O–H groups in total. The summed E-state index contributed by atoms with van der Waals surface area (Å²) in [7, 11) is 0. The predicted molar refractivity (Wildman–Crippen MR) is 129 cm³/mol. The van der Waals surface area contributed by atoms with Gasteiger partial charge in [0.2, 0.25) is 17.7 Å². The van der Waals surface area contributed by atoms with E-state index in [-0.39, 0.29) is 29.5 Å². The molecule has 2 bridgehead atoms. The Kier molecular flexibility index (Phi) is 10.9. The normalized spacial score (nSPS) is 20.9. The molecule has 2 rings (SSSR count). The lowest BCUT2D eigenvalue weighted by atomic mass is 10.2. The van der Waals surface area contributed by atoms with E-state index in [9.17, 15) is 28.4 Å². The Labute approximate surface area is 211 Å². The highest BCUT2D eigenvalue weighted by Gasteiger charge is 2.26. The molecule has 0 aliphatic carbocycles. The van der Waals surface area contributed by atoms with E-state index >= 15 is 0 Å². The number of amides is 3. The second kappa shape index (κ2) is 13.9. The van der Waals surface area contributed by atoms with E-state index in [1.807, 2.05) is 0 Å². The second-order valence-electron chi connectivity index (χ2n) is 7.36. The van der Waals surface area contributed by atoms with Gasteiger partial charge in [0.15, 0.2) is 5.12 Å². The molecule has 0 saturated heterocycles. The standard InChI is InChI=1S/C23H26FN5O6S/c1-4-16-21(32)28-17(5-2)23(34)35-15(8-6-7-9-36-13(3)30)11-19(31)25-12-14-10-18(24)29-20(26-14)22(33)27-16/h4-6,8,10,15,17H,2,7,9,11-12H2,1,3H3,(H,25,31)(H,27,33)(H,28,32)/b8-6+,16-4-/t15-,17?/m1/s1. The quantitative estimate of drug-likeness (QED) is 0.170. The van der Waals surface area contributed by atoms with Crippen LogP contribution in [0.2, 0.25) is 0 Å². The third-order valence-electron chi connectivity index (χ3n) is 4.57. The Hall–Kier alpha value is -3.87. The van der Waals surface area contributed by atoms with Crippen LogP contribution in [-0.2, 0) is 30.5 Å². The van der Waals surface area contributed by atoms with Crippen molar-refractivity contribution in [2.24, 2.45) is 0 Å². The Morgan fingerprint density at radius 1 is 1.28 bits per heavy atom. The van der Waals surface area contributed by atoms with Crippen molar-refractivity contribution < 1.29 is 33.1 Å². The van der Waals surface area contributed by atoms with Crippen molar-refractivity contribution in [2.75, 3.05) is 5.75 Å². The zero-order valence-electron chi connectivity index (χ0n) is 19.7. The maximum Gasteiger partial charge on any atom is 0.333 e. The molecule has 36 heavy (non-hydrogen) atoms. The Bertz CT molecular complexity index is 1110. The molecule has 0 saturated carbocycles. The number of nitrogens with one attached hydrogen (secondary N) is 3. The van der Waals surface area contributed by atoms with Crippen molar-refractivity contribution in [2.45, 2.75) is 45.4 Å². The van der Waals surface area contributed by atoms with Gasteiger partial charge in [0.1, 0.15) is 17.8 Å². The summed E-state index contributed by atoms with van der Waals surface area (Å²) in [5.41, 5.74) is -0.231. The fourth-order valence-electron chi connectivity index (χ4n) is 2.86. The van der Waals surface area contributed by atoms with Gasteiger partial charge in [-0.05, 0) is 19.4 Å². The van der Waals surface area contributed by atoms with Crippen LogP contribution in [0, 0.1) is 5.95 Å². The molecule has 192 valence electrons. The summed E-state index contributed by atoms with van der Waals surface area (Å²) in [5, 5.41) is 7.12. The zero-order chi connectivity index (χ0) is 26.7. The van der Waals surface area contributed by atoms with Gasteiger partial charge in [-0.1, -0.05) is 30.0 Å². The molecule has 1 aliphatic heterocycles. The Morgan fingerprint density at radius 2 is 2.03 bits per heavy atom. The van der Waals surface area contributed by atoms with Gasteiger partial charge in [0.05, 0.1) is 18.7 Å². The Morgan fingerprint density at radius 3 is 2.69 bits per heavy atom. The molecule has 1 aliphatic rings. The van der Waals surface area contributed by atoms with Gasteiger partial charge in [-0.3, -0.25) is 19.2 Å². The van der Waals surface area contributed by atoms with Crippen LogP contribution in [0.25, 0.3) is 0 Å². The van der Waals surface area contributed by atoms with E-state index in [1.54, 1.807) is 6.08 Å². The summed E-state index contributed by atoms with van der Waals surface area (Å²) in [5.74, 6) is -4.31. The highest BCUT2D eigenvalue weighted by Crippen LogP contribution is 2.10. The molecule has 1 aromatic heterocycles. The van der Waals surface area contributed by atoms with E-state index in [4.69, 9.17) is 4.74 Å². The minimum absolute atomic E-state index is 0.0108. The van der Waals surface area contributed by atoms with E-state index < -0.39 is 47.6 Å². The van der Waals surface area contributed by atoms with Crippen LogP contribution in [0.4, 0.5) is 4.39 Å². The molecule has 11 nitrogen and oxygen atoms in total. The number of aromatic nitrogens is 2. The summed E-state index contributed by atoms with van der Waals surface area (Å²) in [6.07, 6.45) is 4.75. The molecule has 0 radical (unpaired) electrons. The van der Waals surface area contributed by atoms with Crippen LogP contribution >= 0.6 is 11.8 Å². The van der Waals surface area contributed by atoms with Gasteiger partial charge in [-0.2, -0.15) is 9.37 Å². The van der Waals surface area contributed by atoms with Crippen LogP contribution in [0.5, 0.6) is 0 Å². The lowest BCUT2D eigenvalue weighted by Crippen LogP contribution is -2.45. The predicted octanol–water partition coefficient (Wildman–Crippen LogP) is 1.08. The van der Waals surface area contributed by atoms with Crippen molar-refractivity contribution in [3.8, 4) is 0 Å². The van der Waals surface area contributed by atoms with E-state index in [1.165, 1.54) is 26.0 Å². The van der Waals surface area contributed by atoms with Gasteiger partial charge in [-0.25, -0.2) is 9.78 Å². The van der Waals surface area contributed by atoms with Gasteiger partial charge < -0.3 is 20.7 Å². The monoisotopic (exact) mass is 519 g/mol. The number of cyclic esters (lactones) is 1. The molecule has 0 aromatic carbocycles. The lowest BCUT2D eigenvalue weighted by molar-refractivity contribution is -0.150. The first-order valence-corrected chi connectivity index (χ1v) is 11.8. The number of carbonyl (C=O) groups is 5. The number of ether oxygens (including phenoxy) is 1. The topological polar surface area (TPSA) is 156 Å². The first-order chi connectivity index (χ1) is 17.1. The number of hydrogen-bond donors (Lipinski definition) is 3. The number of carbonyl (C=O) groups excluding carboxylic acids is 5. The van der Waals surface area contributed by atoms with Crippen LogP contribution in [0.1, 0.15) is 43.0 Å². The van der Waals surface area contributed by atoms with Crippen molar-refractivity contribution in [3.63, 3.8) is 0 Å². The third-order valence-corrected chi connectivity index (χ3v) is 5.42. The first kappa shape index (κ1) is 28.4. The summed E-state index contributed by atoms with van der Waals surface area (Å²) >= 11 is 1.13. The van der Waals surface area contributed by atoms with Crippen molar-refractivity contribution in [1.29, 1.82) is 0 Å². The van der Waals surface area contributed by atoms with Crippen molar-refractivity contribution in [1.82, 2.24) is 25.9 Å². The zero-order valence-corrected chi connectivity index (χ0v) is 20.5. The average Bonchev–Trinajstić information content (AvgIpc) is 2.82. The molecule has 1 aromatic rings. The highest BCUT2D eigenvalue weighted by atomic mass is 32.2. The van der Waals surface area contributed by atoms with Gasteiger partial charge >= 0.3 is 5.97 Å². The first-order valence-electron chi connectivity index (χ1n) is 10.8. The van der Waals surface area contributed by atoms with Crippen LogP contribution < -0.4 is 16.0 Å². The highest BCUT2D eigenvalue weighted by molar-refractivity contribution is 8.13. The van der Waals surface area contributed by atoms with Crippen molar-refractivity contribution >= 4 is 40.6 Å². The van der Waals surface area contributed by atoms with Crippen molar-refractivity contribution in [3.05, 3.63) is 60.1 Å². The lowest BCUT2D eigenvalue weighted by Gasteiger charge is -2.20. The fourth-order valence-corrected chi connectivity index (χ4v) is 3.40. The molecular formula is C23H26FN5O6S. The van der Waals surface area contributed by atoms with E-state index in [2.05, 4.69) is 32.5 Å². The molecule has 0 spiro atoms. The van der Waals surface area contributed by atoms with Gasteiger partial charge in [-0.15, -0.1) is 6.58 Å². The maximum absolute atomic E-state index is 14.0. The summed E-state index contributed by atoms with van der Waals surface area (Å²) in [6, 6.07) is -0.357. The number of rotatable bonds is 5. The Balaban J connectivity index is 2.34. The van der Waals surface area contributed by atoms with E-state index in [0.717, 1.165) is 23.9 Å². The van der Waals surface area contributed by atoms with E-state index in [0.29, 0.717) is 12.2 Å². The number of allylic oxidation sites excluding steroid dienone is 2. The van der Waals surface area contributed by atoms with Crippen LogP contribution in [0.15, 0.2) is 42.6 Å². The summed E-state index contributed by atoms with van der Waals surface area (Å²) in [6.45, 7) is 6.20. The van der Waals surface area contributed by atoms with Crippen LogP contribution in [0.3, 0.4) is 0 Å².